The molecular weight excluding hydrogens is 264 g/mol. The Morgan fingerprint density at radius 3 is 2.31 bits per heavy atom. The minimum absolute atomic E-state index is 0.561. The first-order chi connectivity index (χ1) is 7.66. The third-order valence-electron chi connectivity index (χ3n) is 2.51. The van der Waals surface area contributed by atoms with E-state index in [9.17, 15) is 0 Å². The molecule has 1 aromatic carbocycles. The molecule has 82 valence electrons. The molecule has 2 rings (SSSR count). The first-order valence-electron chi connectivity index (χ1n) is 5.24. The van der Waals surface area contributed by atoms with Gasteiger partial charge in [0.05, 0.1) is 5.69 Å². The first kappa shape index (κ1) is 11.3. The Labute approximate surface area is 104 Å². The fraction of sp³-hybridized carbons (Fsp3) is 0.231. The number of hydrogen-bond acceptors (Lipinski definition) is 2. The molecule has 0 saturated carbocycles. The molecule has 0 radical (unpaired) electrons. The molecule has 0 unspecified atom stereocenters. The van der Waals surface area contributed by atoms with Crippen molar-refractivity contribution in [3.63, 3.8) is 0 Å². The molecule has 1 heterocycles. The zero-order chi connectivity index (χ0) is 11.5. The van der Waals surface area contributed by atoms with Gasteiger partial charge in [0.25, 0.3) is 0 Å². The van der Waals surface area contributed by atoms with E-state index >= 15 is 0 Å². The molecule has 1 aromatic heterocycles. The van der Waals surface area contributed by atoms with E-state index in [-0.39, 0.29) is 0 Å². The average molecular weight is 277 g/mol. The van der Waals surface area contributed by atoms with Crippen LogP contribution in [0.3, 0.4) is 0 Å². The van der Waals surface area contributed by atoms with Crippen molar-refractivity contribution < 1.29 is 0 Å². The van der Waals surface area contributed by atoms with E-state index in [0.29, 0.717) is 5.92 Å². The Morgan fingerprint density at radius 1 is 1.06 bits per heavy atom. The summed E-state index contributed by atoms with van der Waals surface area (Å²) in [5, 5.41) is 0. The highest BCUT2D eigenvalue weighted by Gasteiger charge is 2.02. The summed E-state index contributed by atoms with van der Waals surface area (Å²) in [5.74, 6) is 0.561. The molecule has 16 heavy (non-hydrogen) atoms. The third-order valence-corrected chi connectivity index (χ3v) is 2.94. The molecule has 0 aliphatic rings. The summed E-state index contributed by atoms with van der Waals surface area (Å²) < 4.78 is 0.811. The summed E-state index contributed by atoms with van der Waals surface area (Å²) >= 11 is 3.35. The zero-order valence-corrected chi connectivity index (χ0v) is 10.9. The maximum atomic E-state index is 4.24. The Balaban J connectivity index is 2.35. The van der Waals surface area contributed by atoms with Gasteiger partial charge in [-0.05, 0) is 33.5 Å². The molecule has 2 nitrogen and oxygen atoms in total. The lowest BCUT2D eigenvalue weighted by atomic mass is 10.0. The lowest BCUT2D eigenvalue weighted by Gasteiger charge is -2.06. The first-order valence-corrected chi connectivity index (χ1v) is 6.04. The molecule has 3 heteroatoms. The second-order valence-corrected chi connectivity index (χ2v) is 4.82. The van der Waals surface area contributed by atoms with E-state index in [0.717, 1.165) is 15.9 Å². The van der Waals surface area contributed by atoms with Gasteiger partial charge in [0.2, 0.25) is 0 Å². The molecule has 0 amide bonds. The normalized spacial score (nSPS) is 10.8. The minimum atomic E-state index is 0.561. The van der Waals surface area contributed by atoms with Gasteiger partial charge in [-0.2, -0.15) is 0 Å². The predicted molar refractivity (Wildman–Crippen MR) is 69.3 cm³/mol. The molecule has 0 fully saturated rings. The highest BCUT2D eigenvalue weighted by molar-refractivity contribution is 9.10. The Bertz CT molecular complexity index is 478. The van der Waals surface area contributed by atoms with Crippen LogP contribution in [0.2, 0.25) is 0 Å². The lowest BCUT2D eigenvalue weighted by Crippen LogP contribution is -1.89. The van der Waals surface area contributed by atoms with E-state index in [1.54, 1.807) is 6.33 Å². The van der Waals surface area contributed by atoms with E-state index < -0.39 is 0 Å². The number of benzene rings is 1. The molecule has 0 bridgehead atoms. The quantitative estimate of drug-likeness (QED) is 0.774. The third kappa shape index (κ3) is 2.47. The van der Waals surface area contributed by atoms with Gasteiger partial charge >= 0.3 is 0 Å². The average Bonchev–Trinajstić information content (AvgIpc) is 2.29. The largest absolute Gasteiger partial charge is 0.236 e. The highest BCUT2D eigenvalue weighted by atomic mass is 79.9. The molecule has 0 aliphatic carbocycles. The minimum Gasteiger partial charge on any atom is -0.236 e. The van der Waals surface area contributed by atoms with Crippen LogP contribution in [0.25, 0.3) is 11.3 Å². The molecule has 2 aromatic rings. The van der Waals surface area contributed by atoms with Gasteiger partial charge in [-0.15, -0.1) is 0 Å². The van der Waals surface area contributed by atoms with Crippen molar-refractivity contribution >= 4 is 15.9 Å². The SMILES string of the molecule is CC(C)c1ccc(-c2cc(Br)ncn2)cc1. The second-order valence-electron chi connectivity index (χ2n) is 4.00. The van der Waals surface area contributed by atoms with Crippen LogP contribution in [0.1, 0.15) is 25.3 Å². The monoisotopic (exact) mass is 276 g/mol. The smallest absolute Gasteiger partial charge is 0.117 e. The van der Waals surface area contributed by atoms with Crippen molar-refractivity contribution in [2.45, 2.75) is 19.8 Å². The van der Waals surface area contributed by atoms with Crippen molar-refractivity contribution in [1.82, 2.24) is 9.97 Å². The summed E-state index contributed by atoms with van der Waals surface area (Å²) in [4.78, 5) is 8.26. The van der Waals surface area contributed by atoms with Gasteiger partial charge < -0.3 is 0 Å². The molecule has 0 spiro atoms. The van der Waals surface area contributed by atoms with E-state index in [1.807, 2.05) is 6.07 Å². The fourth-order valence-corrected chi connectivity index (χ4v) is 1.84. The number of aromatic nitrogens is 2. The summed E-state index contributed by atoms with van der Waals surface area (Å²) in [5.41, 5.74) is 3.40. The molecule has 0 aliphatic heterocycles. The van der Waals surface area contributed by atoms with Crippen molar-refractivity contribution in [3.8, 4) is 11.3 Å². The van der Waals surface area contributed by atoms with Gasteiger partial charge in [0.15, 0.2) is 0 Å². The summed E-state index contributed by atoms with van der Waals surface area (Å²) in [6.45, 7) is 4.38. The molecular formula is C13H13BrN2. The van der Waals surface area contributed by atoms with Crippen molar-refractivity contribution in [3.05, 3.63) is 46.8 Å². The van der Waals surface area contributed by atoms with Gasteiger partial charge in [-0.1, -0.05) is 38.1 Å². The van der Waals surface area contributed by atoms with Crippen LogP contribution < -0.4 is 0 Å². The van der Waals surface area contributed by atoms with Crippen molar-refractivity contribution in [2.24, 2.45) is 0 Å². The maximum Gasteiger partial charge on any atom is 0.117 e. The Hall–Kier alpha value is -1.22. The van der Waals surface area contributed by atoms with Crippen LogP contribution in [0.5, 0.6) is 0 Å². The molecule has 0 N–H and O–H groups in total. The fourth-order valence-electron chi connectivity index (χ4n) is 1.53. The predicted octanol–water partition coefficient (Wildman–Crippen LogP) is 4.03. The Kier molecular flexibility index (Phi) is 3.34. The van der Waals surface area contributed by atoms with Crippen LogP contribution in [-0.2, 0) is 0 Å². The van der Waals surface area contributed by atoms with Gasteiger partial charge in [0.1, 0.15) is 10.9 Å². The highest BCUT2D eigenvalue weighted by Crippen LogP contribution is 2.22. The van der Waals surface area contributed by atoms with Crippen LogP contribution in [-0.4, -0.2) is 9.97 Å². The zero-order valence-electron chi connectivity index (χ0n) is 9.31. The number of nitrogens with zero attached hydrogens (tertiary/aromatic N) is 2. The summed E-state index contributed by atoms with van der Waals surface area (Å²) in [6, 6.07) is 10.4. The van der Waals surface area contributed by atoms with E-state index in [1.165, 1.54) is 5.56 Å². The van der Waals surface area contributed by atoms with Crippen LogP contribution in [0.15, 0.2) is 41.3 Å². The van der Waals surface area contributed by atoms with Crippen LogP contribution >= 0.6 is 15.9 Å². The topological polar surface area (TPSA) is 25.8 Å². The van der Waals surface area contributed by atoms with Gasteiger partial charge in [-0.3, -0.25) is 0 Å². The van der Waals surface area contributed by atoms with E-state index in [4.69, 9.17) is 0 Å². The molecule has 0 atom stereocenters. The van der Waals surface area contributed by atoms with Crippen molar-refractivity contribution in [2.75, 3.05) is 0 Å². The summed E-state index contributed by atoms with van der Waals surface area (Å²) in [7, 11) is 0. The number of hydrogen-bond donors (Lipinski definition) is 0. The second kappa shape index (κ2) is 4.74. The lowest BCUT2D eigenvalue weighted by molar-refractivity contribution is 0.867. The maximum absolute atomic E-state index is 4.24. The van der Waals surface area contributed by atoms with Crippen LogP contribution in [0.4, 0.5) is 0 Å². The number of halogens is 1. The number of rotatable bonds is 2. The van der Waals surface area contributed by atoms with Gasteiger partial charge in [-0.25, -0.2) is 9.97 Å². The van der Waals surface area contributed by atoms with Crippen molar-refractivity contribution in [1.29, 1.82) is 0 Å². The molecule has 0 saturated heterocycles. The summed E-state index contributed by atoms with van der Waals surface area (Å²) in [6.07, 6.45) is 1.57. The standard InChI is InChI=1S/C13H13BrN2/c1-9(2)10-3-5-11(6-4-10)12-7-13(14)16-8-15-12/h3-9H,1-2H3. The van der Waals surface area contributed by atoms with Gasteiger partial charge in [0, 0.05) is 5.56 Å². The van der Waals surface area contributed by atoms with E-state index in [2.05, 4.69) is 64.0 Å². The van der Waals surface area contributed by atoms with Crippen LogP contribution in [0, 0.1) is 0 Å². The Morgan fingerprint density at radius 2 is 1.75 bits per heavy atom.